The summed E-state index contributed by atoms with van der Waals surface area (Å²) in [5, 5.41) is 0.0879. The van der Waals surface area contributed by atoms with Crippen molar-refractivity contribution in [1.82, 2.24) is 4.57 Å². The molecule has 0 fully saturated rings. The van der Waals surface area contributed by atoms with Gasteiger partial charge in [0.1, 0.15) is 5.82 Å². The highest BCUT2D eigenvalue weighted by Gasteiger charge is 2.11. The third-order valence-electron chi connectivity index (χ3n) is 2.65. The molecule has 2 aromatic rings. The quantitative estimate of drug-likeness (QED) is 0.728. The fourth-order valence-corrected chi connectivity index (χ4v) is 1.96. The number of pyridine rings is 1. The van der Waals surface area contributed by atoms with Crippen molar-refractivity contribution in [1.29, 1.82) is 0 Å². The molecule has 2 rings (SSSR count). The number of aryl methyl sites for hydroxylation is 2. The predicted molar refractivity (Wildman–Crippen MR) is 58.5 cm³/mol. The van der Waals surface area contributed by atoms with Gasteiger partial charge in [-0.3, -0.25) is 4.79 Å². The van der Waals surface area contributed by atoms with E-state index in [1.807, 2.05) is 6.92 Å². The molecule has 0 aliphatic carbocycles. The van der Waals surface area contributed by atoms with Gasteiger partial charge in [0, 0.05) is 24.4 Å². The van der Waals surface area contributed by atoms with E-state index in [1.165, 1.54) is 6.07 Å². The largest absolute Gasteiger partial charge is 0.343 e. The first kappa shape index (κ1) is 10.8. The second kappa shape index (κ2) is 3.70. The number of fused-ring (bicyclic) bond motifs is 1. The van der Waals surface area contributed by atoms with Crippen LogP contribution < -0.4 is 5.43 Å². The van der Waals surface area contributed by atoms with Crippen LogP contribution in [-0.2, 0) is 6.54 Å². The van der Waals surface area contributed by atoms with Crippen LogP contribution in [0.15, 0.2) is 23.0 Å². The van der Waals surface area contributed by atoms with Crippen molar-refractivity contribution in [3.8, 4) is 0 Å². The Kier molecular flexibility index (Phi) is 2.50. The Morgan fingerprint density at radius 3 is 2.56 bits per heavy atom. The lowest BCUT2D eigenvalue weighted by Crippen LogP contribution is -2.12. The van der Waals surface area contributed by atoms with Crippen molar-refractivity contribution in [3.63, 3.8) is 0 Å². The number of benzene rings is 1. The molecule has 1 heterocycles. The summed E-state index contributed by atoms with van der Waals surface area (Å²) in [6.07, 6.45) is 0. The molecule has 0 atom stereocenters. The van der Waals surface area contributed by atoms with Crippen LogP contribution in [0.5, 0.6) is 0 Å². The van der Waals surface area contributed by atoms with Gasteiger partial charge in [-0.1, -0.05) is 0 Å². The van der Waals surface area contributed by atoms with E-state index in [1.54, 1.807) is 11.5 Å². The maximum Gasteiger partial charge on any atom is 0.189 e. The minimum atomic E-state index is -0.728. The molecule has 0 aliphatic heterocycles. The highest BCUT2D eigenvalue weighted by atomic mass is 19.1. The van der Waals surface area contributed by atoms with Crippen molar-refractivity contribution in [2.75, 3.05) is 0 Å². The lowest BCUT2D eigenvalue weighted by molar-refractivity contribution is 0.583. The number of nitrogens with zero attached hydrogens (tertiary/aromatic N) is 1. The van der Waals surface area contributed by atoms with E-state index in [-0.39, 0.29) is 16.3 Å². The molecular weight excluding hydrogens is 212 g/mol. The van der Waals surface area contributed by atoms with E-state index in [9.17, 15) is 13.6 Å². The zero-order chi connectivity index (χ0) is 11.9. The number of halogens is 2. The van der Waals surface area contributed by atoms with Crippen LogP contribution in [-0.4, -0.2) is 4.57 Å². The summed E-state index contributed by atoms with van der Waals surface area (Å²) in [4.78, 5) is 11.6. The van der Waals surface area contributed by atoms with Crippen LogP contribution in [0.1, 0.15) is 12.6 Å². The Morgan fingerprint density at radius 1 is 1.25 bits per heavy atom. The number of hydrogen-bond donors (Lipinski definition) is 0. The van der Waals surface area contributed by atoms with Crippen molar-refractivity contribution in [3.05, 3.63) is 45.8 Å². The van der Waals surface area contributed by atoms with Crippen molar-refractivity contribution >= 4 is 10.9 Å². The third-order valence-corrected chi connectivity index (χ3v) is 2.65. The van der Waals surface area contributed by atoms with Gasteiger partial charge in [-0.25, -0.2) is 8.78 Å². The van der Waals surface area contributed by atoms with Crippen molar-refractivity contribution in [2.24, 2.45) is 0 Å². The zero-order valence-corrected chi connectivity index (χ0v) is 9.05. The summed E-state index contributed by atoms with van der Waals surface area (Å²) < 4.78 is 28.3. The fraction of sp³-hybridized carbons (Fsp3) is 0.250. The number of aromatic nitrogens is 1. The molecule has 0 unspecified atom stereocenters. The molecule has 84 valence electrons. The first-order valence-corrected chi connectivity index (χ1v) is 5.03. The lowest BCUT2D eigenvalue weighted by atomic mass is 10.1. The first-order chi connectivity index (χ1) is 7.54. The van der Waals surface area contributed by atoms with E-state index in [2.05, 4.69) is 0 Å². The molecule has 0 amide bonds. The summed E-state index contributed by atoms with van der Waals surface area (Å²) >= 11 is 0. The van der Waals surface area contributed by atoms with E-state index in [0.717, 1.165) is 12.1 Å². The Morgan fingerprint density at radius 2 is 1.94 bits per heavy atom. The van der Waals surface area contributed by atoms with E-state index < -0.39 is 11.6 Å². The number of rotatable bonds is 1. The highest BCUT2D eigenvalue weighted by molar-refractivity contribution is 5.80. The van der Waals surface area contributed by atoms with Gasteiger partial charge in [0.05, 0.1) is 10.9 Å². The molecule has 0 saturated heterocycles. The van der Waals surface area contributed by atoms with Gasteiger partial charge in [-0.2, -0.15) is 0 Å². The van der Waals surface area contributed by atoms with Gasteiger partial charge in [0.2, 0.25) is 0 Å². The van der Waals surface area contributed by atoms with Gasteiger partial charge < -0.3 is 4.57 Å². The van der Waals surface area contributed by atoms with Gasteiger partial charge in [0.25, 0.3) is 0 Å². The minimum Gasteiger partial charge on any atom is -0.343 e. The van der Waals surface area contributed by atoms with Gasteiger partial charge in [-0.15, -0.1) is 0 Å². The molecule has 0 spiro atoms. The van der Waals surface area contributed by atoms with E-state index in [4.69, 9.17) is 0 Å². The normalized spacial score (nSPS) is 11.0. The monoisotopic (exact) mass is 223 g/mol. The first-order valence-electron chi connectivity index (χ1n) is 5.03. The average molecular weight is 223 g/mol. The molecule has 16 heavy (non-hydrogen) atoms. The molecule has 0 N–H and O–H groups in total. The van der Waals surface area contributed by atoms with Gasteiger partial charge in [0.15, 0.2) is 11.2 Å². The highest BCUT2D eigenvalue weighted by Crippen LogP contribution is 2.18. The smallest absolute Gasteiger partial charge is 0.189 e. The van der Waals surface area contributed by atoms with Crippen LogP contribution >= 0.6 is 0 Å². The maximum atomic E-state index is 13.7. The standard InChI is InChI=1S/C12H11F2NO/c1-3-15-7(2)4-11(16)9-5-8(13)6-10(14)12(9)15/h4-6H,3H2,1-2H3. The number of hydrogen-bond acceptors (Lipinski definition) is 1. The van der Waals surface area contributed by atoms with E-state index >= 15 is 0 Å². The minimum absolute atomic E-state index is 0.0879. The molecule has 0 radical (unpaired) electrons. The summed E-state index contributed by atoms with van der Waals surface area (Å²) in [5.41, 5.74) is 0.495. The molecular formula is C12H11F2NO. The maximum absolute atomic E-state index is 13.7. The summed E-state index contributed by atoms with van der Waals surface area (Å²) in [7, 11) is 0. The molecule has 0 aliphatic rings. The molecule has 0 bridgehead atoms. The molecule has 2 nitrogen and oxygen atoms in total. The van der Waals surface area contributed by atoms with Crippen LogP contribution in [0.4, 0.5) is 8.78 Å². The summed E-state index contributed by atoms with van der Waals surface area (Å²) in [6.45, 7) is 4.11. The Hall–Kier alpha value is -1.71. The third kappa shape index (κ3) is 1.50. The van der Waals surface area contributed by atoms with Crippen molar-refractivity contribution < 1.29 is 8.78 Å². The Labute approximate surface area is 91.1 Å². The topological polar surface area (TPSA) is 22.0 Å². The predicted octanol–water partition coefficient (Wildman–Crippen LogP) is 2.61. The molecule has 0 saturated carbocycles. The average Bonchev–Trinajstić information content (AvgIpc) is 2.20. The summed E-state index contributed by atoms with van der Waals surface area (Å²) in [6, 6.07) is 3.27. The zero-order valence-electron chi connectivity index (χ0n) is 9.05. The van der Waals surface area contributed by atoms with Crippen LogP contribution in [0, 0.1) is 18.6 Å². The van der Waals surface area contributed by atoms with Gasteiger partial charge in [-0.05, 0) is 19.9 Å². The fourth-order valence-electron chi connectivity index (χ4n) is 1.96. The second-order valence-electron chi connectivity index (χ2n) is 3.68. The van der Waals surface area contributed by atoms with Gasteiger partial charge >= 0.3 is 0 Å². The van der Waals surface area contributed by atoms with Crippen LogP contribution in [0.2, 0.25) is 0 Å². The Balaban J connectivity index is 3.05. The van der Waals surface area contributed by atoms with Crippen LogP contribution in [0.3, 0.4) is 0 Å². The molecule has 4 heteroatoms. The second-order valence-corrected chi connectivity index (χ2v) is 3.68. The summed E-state index contributed by atoms with van der Waals surface area (Å²) in [5.74, 6) is -1.42. The Bertz CT molecular complexity index is 616. The molecule has 1 aromatic carbocycles. The SMILES string of the molecule is CCn1c(C)cc(=O)c2cc(F)cc(F)c21. The van der Waals surface area contributed by atoms with E-state index in [0.29, 0.717) is 12.2 Å². The van der Waals surface area contributed by atoms with Crippen LogP contribution in [0.25, 0.3) is 10.9 Å². The van der Waals surface area contributed by atoms with Crippen molar-refractivity contribution in [2.45, 2.75) is 20.4 Å². The lowest BCUT2D eigenvalue weighted by Gasteiger charge is -2.12. The molecule has 1 aromatic heterocycles.